The van der Waals surface area contributed by atoms with Crippen LogP contribution in [0, 0.1) is 0 Å². The van der Waals surface area contributed by atoms with E-state index in [1.165, 1.54) is 205 Å². The standard InChI is InChI=1S/C64H119NO8/c1-6-8-10-12-14-16-18-20-22-23-24-25-26-27-28-29-30-31-32-33-34-35-36-37-38-39-41-42-44-46-48-50-52-54-61(66)71-58-60(59-72-64(63(68)69)70-57-56-65(3,4)5)73-62(67)55-53-51-49-47-45-43-40-21-19-17-15-13-11-9-7-2/h15,17,21,23-24,40,60,64H,6-14,16,18-20,22,25-39,41-59H2,1-5H3/p+1/b17-15-,24-23-,40-21-. The molecule has 0 saturated carbocycles. The molecule has 428 valence electrons. The SMILES string of the molecule is CCCCC/C=C\C/C=C\CCCCCCCC(=O)OC(COC(=O)CCCCCCCCCCCCCCCCCCCCCCC/C=C\CCCCCCCCCC)COC(OCC[N+](C)(C)C)C(=O)O. The topological polar surface area (TPSA) is 108 Å². The van der Waals surface area contributed by atoms with Gasteiger partial charge >= 0.3 is 17.9 Å². The Morgan fingerprint density at radius 1 is 0.411 bits per heavy atom. The van der Waals surface area contributed by atoms with Crippen LogP contribution in [0.15, 0.2) is 36.5 Å². The molecule has 0 heterocycles. The minimum absolute atomic E-state index is 0.184. The fourth-order valence-corrected chi connectivity index (χ4v) is 9.04. The third-order valence-corrected chi connectivity index (χ3v) is 13.9. The zero-order valence-corrected chi connectivity index (χ0v) is 48.8. The molecule has 73 heavy (non-hydrogen) atoms. The maximum absolute atomic E-state index is 12.8. The molecule has 0 rings (SSSR count). The monoisotopic (exact) mass is 1030 g/mol. The van der Waals surface area contributed by atoms with Crippen molar-refractivity contribution < 1.29 is 42.9 Å². The molecule has 2 unspecified atom stereocenters. The third kappa shape index (κ3) is 57.1. The highest BCUT2D eigenvalue weighted by molar-refractivity contribution is 5.71. The molecule has 0 aromatic carbocycles. The van der Waals surface area contributed by atoms with Gasteiger partial charge in [-0.25, -0.2) is 4.79 Å². The summed E-state index contributed by atoms with van der Waals surface area (Å²) < 4.78 is 22.9. The number of carbonyl (C=O) groups is 3. The van der Waals surface area contributed by atoms with Gasteiger partial charge in [-0.1, -0.05) is 249 Å². The number of ether oxygens (including phenoxy) is 4. The second-order valence-electron chi connectivity index (χ2n) is 22.4. The average Bonchev–Trinajstić information content (AvgIpc) is 3.36. The van der Waals surface area contributed by atoms with E-state index in [9.17, 15) is 19.5 Å². The van der Waals surface area contributed by atoms with E-state index >= 15 is 0 Å². The number of quaternary nitrogens is 1. The number of carboxylic acid groups (broad SMARTS) is 1. The van der Waals surface area contributed by atoms with Gasteiger partial charge in [-0.3, -0.25) is 9.59 Å². The van der Waals surface area contributed by atoms with E-state index in [-0.39, 0.29) is 32.2 Å². The zero-order valence-electron chi connectivity index (χ0n) is 48.8. The van der Waals surface area contributed by atoms with Crippen molar-refractivity contribution in [2.75, 3.05) is 47.5 Å². The van der Waals surface area contributed by atoms with Crippen molar-refractivity contribution in [1.29, 1.82) is 0 Å². The Kier molecular flexibility index (Phi) is 53.8. The molecule has 0 bridgehead atoms. The Morgan fingerprint density at radius 2 is 0.740 bits per heavy atom. The second kappa shape index (κ2) is 55.7. The number of hydrogen-bond acceptors (Lipinski definition) is 7. The maximum Gasteiger partial charge on any atom is 0.361 e. The summed E-state index contributed by atoms with van der Waals surface area (Å²) in [4.78, 5) is 37.4. The summed E-state index contributed by atoms with van der Waals surface area (Å²) >= 11 is 0. The quantitative estimate of drug-likeness (QED) is 0.0211. The first kappa shape index (κ1) is 70.5. The number of likely N-dealkylation sites (N-methyl/N-ethyl adjacent to an activating group) is 1. The predicted octanol–water partition coefficient (Wildman–Crippen LogP) is 18.5. The summed E-state index contributed by atoms with van der Waals surface area (Å²) in [6.07, 6.45) is 65.4. The summed E-state index contributed by atoms with van der Waals surface area (Å²) in [6, 6.07) is 0. The van der Waals surface area contributed by atoms with Gasteiger partial charge in [0.25, 0.3) is 6.29 Å². The molecule has 0 aromatic rings. The van der Waals surface area contributed by atoms with Crippen LogP contribution < -0.4 is 0 Å². The van der Waals surface area contributed by atoms with Crippen molar-refractivity contribution in [1.82, 2.24) is 0 Å². The average molecular weight is 1030 g/mol. The molecule has 0 fully saturated rings. The Morgan fingerprint density at radius 3 is 1.12 bits per heavy atom. The van der Waals surface area contributed by atoms with Gasteiger partial charge < -0.3 is 28.5 Å². The van der Waals surface area contributed by atoms with E-state index in [4.69, 9.17) is 18.9 Å². The van der Waals surface area contributed by atoms with Crippen LogP contribution in [0.25, 0.3) is 0 Å². The Labute approximate surface area is 451 Å². The van der Waals surface area contributed by atoms with Crippen LogP contribution in [0.5, 0.6) is 0 Å². The van der Waals surface area contributed by atoms with E-state index in [0.717, 1.165) is 57.8 Å². The van der Waals surface area contributed by atoms with Gasteiger partial charge in [0, 0.05) is 12.8 Å². The Balaban J connectivity index is 4.03. The molecule has 9 heteroatoms. The molecule has 9 nitrogen and oxygen atoms in total. The van der Waals surface area contributed by atoms with E-state index in [1.54, 1.807) is 0 Å². The van der Waals surface area contributed by atoms with E-state index in [1.807, 2.05) is 21.1 Å². The van der Waals surface area contributed by atoms with Crippen LogP contribution in [0.2, 0.25) is 0 Å². The number of nitrogens with zero attached hydrogens (tertiary/aromatic N) is 1. The van der Waals surface area contributed by atoms with Gasteiger partial charge in [-0.15, -0.1) is 0 Å². The molecule has 0 aliphatic rings. The molecule has 0 saturated heterocycles. The fraction of sp³-hybridized carbons (Fsp3) is 0.859. The van der Waals surface area contributed by atoms with E-state index in [2.05, 4.69) is 50.3 Å². The van der Waals surface area contributed by atoms with Crippen LogP contribution in [0.3, 0.4) is 0 Å². The zero-order chi connectivity index (χ0) is 53.4. The van der Waals surface area contributed by atoms with Gasteiger partial charge in [0.1, 0.15) is 13.2 Å². The molecule has 0 spiro atoms. The summed E-state index contributed by atoms with van der Waals surface area (Å²) in [5.41, 5.74) is 0. The van der Waals surface area contributed by atoms with Gasteiger partial charge in [-0.05, 0) is 70.6 Å². The number of aliphatic carboxylic acids is 1. The van der Waals surface area contributed by atoms with Crippen molar-refractivity contribution >= 4 is 17.9 Å². The lowest BCUT2D eigenvalue weighted by Gasteiger charge is -2.25. The maximum atomic E-state index is 12.8. The highest BCUT2D eigenvalue weighted by atomic mass is 16.7. The lowest BCUT2D eigenvalue weighted by molar-refractivity contribution is -0.870. The highest BCUT2D eigenvalue weighted by Gasteiger charge is 2.25. The number of carbonyl (C=O) groups excluding carboxylic acids is 2. The largest absolute Gasteiger partial charge is 0.477 e. The smallest absolute Gasteiger partial charge is 0.361 e. The van der Waals surface area contributed by atoms with Crippen molar-refractivity contribution in [2.24, 2.45) is 0 Å². The van der Waals surface area contributed by atoms with Gasteiger partial charge in [0.2, 0.25) is 0 Å². The predicted molar refractivity (Wildman–Crippen MR) is 309 cm³/mol. The highest BCUT2D eigenvalue weighted by Crippen LogP contribution is 2.17. The summed E-state index contributed by atoms with van der Waals surface area (Å²) in [6.45, 7) is 4.87. The first-order chi connectivity index (χ1) is 35.6. The van der Waals surface area contributed by atoms with E-state index in [0.29, 0.717) is 23.9 Å². The van der Waals surface area contributed by atoms with Gasteiger partial charge in [-0.2, -0.15) is 0 Å². The summed E-state index contributed by atoms with van der Waals surface area (Å²) in [5.74, 6) is -2.01. The summed E-state index contributed by atoms with van der Waals surface area (Å²) in [5, 5.41) is 9.69. The van der Waals surface area contributed by atoms with Crippen molar-refractivity contribution in [3.63, 3.8) is 0 Å². The minimum atomic E-state index is -1.51. The molecule has 0 radical (unpaired) electrons. The first-order valence-corrected chi connectivity index (χ1v) is 31.2. The number of hydrogen-bond donors (Lipinski definition) is 1. The summed E-state index contributed by atoms with van der Waals surface area (Å²) in [7, 11) is 5.97. The number of carboxylic acids is 1. The van der Waals surface area contributed by atoms with Gasteiger partial charge in [0.05, 0.1) is 34.4 Å². The van der Waals surface area contributed by atoms with Crippen LogP contribution in [0.4, 0.5) is 0 Å². The van der Waals surface area contributed by atoms with Crippen LogP contribution in [-0.4, -0.2) is 87.4 Å². The number of allylic oxidation sites excluding steroid dienone is 6. The second-order valence-corrected chi connectivity index (χ2v) is 22.4. The van der Waals surface area contributed by atoms with Crippen molar-refractivity contribution in [2.45, 2.75) is 309 Å². The van der Waals surface area contributed by atoms with Gasteiger partial charge in [0.15, 0.2) is 6.10 Å². The van der Waals surface area contributed by atoms with E-state index < -0.39 is 24.3 Å². The molecular weight excluding hydrogens is 911 g/mol. The van der Waals surface area contributed by atoms with Crippen LogP contribution in [-0.2, 0) is 33.3 Å². The molecule has 0 aliphatic heterocycles. The van der Waals surface area contributed by atoms with Crippen LogP contribution >= 0.6 is 0 Å². The van der Waals surface area contributed by atoms with Crippen LogP contribution in [0.1, 0.15) is 296 Å². The molecular formula is C64H120NO8+. The normalized spacial score (nSPS) is 12.9. The van der Waals surface area contributed by atoms with Crippen molar-refractivity contribution in [3.05, 3.63) is 36.5 Å². The number of rotatable bonds is 58. The lowest BCUT2D eigenvalue weighted by Crippen LogP contribution is -2.40. The fourth-order valence-electron chi connectivity index (χ4n) is 9.04. The Hall–Kier alpha value is -2.49. The minimum Gasteiger partial charge on any atom is -0.477 e. The number of unbranched alkanes of at least 4 members (excludes halogenated alkanes) is 37. The molecule has 0 aromatic heterocycles. The lowest BCUT2D eigenvalue weighted by atomic mass is 10.0. The first-order valence-electron chi connectivity index (χ1n) is 31.2. The third-order valence-electron chi connectivity index (χ3n) is 13.9. The molecule has 2 atom stereocenters. The number of esters is 2. The Bertz CT molecular complexity index is 1290. The molecule has 0 amide bonds. The molecule has 1 N–H and O–H groups in total. The van der Waals surface area contributed by atoms with Crippen molar-refractivity contribution in [3.8, 4) is 0 Å². The molecule has 0 aliphatic carbocycles.